The quantitative estimate of drug-likeness (QED) is 0.290. The monoisotopic (exact) mass is 342 g/mol. The van der Waals surface area contributed by atoms with E-state index < -0.39 is 0 Å². The molecule has 3 heteroatoms. The van der Waals surface area contributed by atoms with Crippen LogP contribution in [0, 0.1) is 5.21 Å². The molecule has 0 spiro atoms. The van der Waals surface area contributed by atoms with E-state index in [0.717, 1.165) is 51.5 Å². The summed E-state index contributed by atoms with van der Waals surface area (Å²) >= 11 is 0. The highest BCUT2D eigenvalue weighted by Gasteiger charge is 2.30. The van der Waals surface area contributed by atoms with E-state index in [4.69, 9.17) is 0 Å². The fourth-order valence-corrected chi connectivity index (χ4v) is 3.73. The molecule has 1 aliphatic carbocycles. The van der Waals surface area contributed by atoms with Crippen molar-refractivity contribution in [2.45, 2.75) is 13.8 Å². The second-order valence-corrected chi connectivity index (χ2v) is 6.42. The molecule has 0 radical (unpaired) electrons. The average molecular weight is 342 g/mol. The van der Waals surface area contributed by atoms with E-state index in [2.05, 4.69) is 30.9 Å². The van der Waals surface area contributed by atoms with E-state index in [1.54, 1.807) is 0 Å². The van der Waals surface area contributed by atoms with Crippen LogP contribution in [0.5, 0.6) is 0 Å². The molecule has 0 N–H and O–H groups in total. The van der Waals surface area contributed by atoms with E-state index in [1.807, 2.05) is 60.7 Å². The van der Waals surface area contributed by atoms with E-state index in [-0.39, 0.29) is 0 Å². The molecule has 0 unspecified atom stereocenters. The standard InChI is InChI=1S/C23H22N2O/c1-3-24(4-2)17-13-15-18(16-14-17)25(26)23-21-11-7-5-9-19(21)20-10-6-8-12-22(20)23/h5-16H,3-4H2,1-2H3. The summed E-state index contributed by atoms with van der Waals surface area (Å²) < 4.78 is 1.07. The molecular formula is C23H22N2O. The van der Waals surface area contributed by atoms with Gasteiger partial charge in [-0.2, -0.15) is 4.74 Å². The zero-order valence-electron chi connectivity index (χ0n) is 15.1. The second kappa shape index (κ2) is 6.68. The summed E-state index contributed by atoms with van der Waals surface area (Å²) in [4.78, 5) is 2.27. The smallest absolute Gasteiger partial charge is 0.232 e. The lowest BCUT2D eigenvalue weighted by Crippen LogP contribution is -2.21. The number of benzene rings is 3. The first-order valence-corrected chi connectivity index (χ1v) is 9.13. The van der Waals surface area contributed by atoms with E-state index >= 15 is 0 Å². The number of hydrogen-bond acceptors (Lipinski definition) is 2. The third-order valence-corrected chi connectivity index (χ3v) is 5.07. The summed E-state index contributed by atoms with van der Waals surface area (Å²) in [7, 11) is 0. The van der Waals surface area contributed by atoms with Gasteiger partial charge in [-0.05, 0) is 49.2 Å². The Morgan fingerprint density at radius 2 is 1.15 bits per heavy atom. The van der Waals surface area contributed by atoms with Crippen LogP contribution >= 0.6 is 0 Å². The third-order valence-electron chi connectivity index (χ3n) is 5.07. The minimum Gasteiger partial charge on any atom is -0.618 e. The van der Waals surface area contributed by atoms with Crippen LogP contribution in [-0.4, -0.2) is 23.5 Å². The lowest BCUT2D eigenvalue weighted by atomic mass is 10.1. The van der Waals surface area contributed by atoms with Crippen molar-refractivity contribution in [3.05, 3.63) is 89.1 Å². The Bertz CT molecular complexity index is 922. The Morgan fingerprint density at radius 1 is 0.692 bits per heavy atom. The molecule has 4 rings (SSSR count). The SMILES string of the molecule is CCN(CC)c1ccc([N+]([O-])=C2c3ccccc3-c3ccccc32)cc1. The molecule has 3 nitrogen and oxygen atoms in total. The van der Waals surface area contributed by atoms with Gasteiger partial charge in [-0.15, -0.1) is 0 Å². The molecule has 0 saturated carbocycles. The van der Waals surface area contributed by atoms with E-state index in [9.17, 15) is 5.21 Å². The zero-order valence-corrected chi connectivity index (χ0v) is 15.1. The van der Waals surface area contributed by atoms with Crippen molar-refractivity contribution in [1.29, 1.82) is 0 Å². The molecule has 0 bridgehead atoms. The maximum Gasteiger partial charge on any atom is 0.232 e. The van der Waals surface area contributed by atoms with Gasteiger partial charge in [-0.25, -0.2) is 0 Å². The van der Waals surface area contributed by atoms with Crippen LogP contribution in [0.2, 0.25) is 0 Å². The molecule has 0 heterocycles. The predicted octanol–water partition coefficient (Wildman–Crippen LogP) is 5.19. The van der Waals surface area contributed by atoms with Gasteiger partial charge in [0.1, 0.15) is 0 Å². The summed E-state index contributed by atoms with van der Waals surface area (Å²) in [5.74, 6) is 0. The highest BCUT2D eigenvalue weighted by Crippen LogP contribution is 2.37. The number of nitrogens with zero attached hydrogens (tertiary/aromatic N) is 2. The van der Waals surface area contributed by atoms with Crippen molar-refractivity contribution in [2.75, 3.05) is 18.0 Å². The van der Waals surface area contributed by atoms with Crippen molar-refractivity contribution < 1.29 is 4.74 Å². The summed E-state index contributed by atoms with van der Waals surface area (Å²) in [5.41, 5.74) is 6.77. The minimum absolute atomic E-state index is 0.655. The van der Waals surface area contributed by atoms with Crippen LogP contribution in [-0.2, 0) is 0 Å². The van der Waals surface area contributed by atoms with Gasteiger partial charge in [0, 0.05) is 30.9 Å². The van der Waals surface area contributed by atoms with Crippen LogP contribution in [0.3, 0.4) is 0 Å². The molecule has 0 aliphatic heterocycles. The molecule has 26 heavy (non-hydrogen) atoms. The Hall–Kier alpha value is -3.07. The molecule has 130 valence electrons. The van der Waals surface area contributed by atoms with E-state index in [1.165, 1.54) is 0 Å². The van der Waals surface area contributed by atoms with Crippen LogP contribution < -0.4 is 4.90 Å². The lowest BCUT2D eigenvalue weighted by molar-refractivity contribution is -0.359. The molecule has 3 aromatic rings. The van der Waals surface area contributed by atoms with Crippen LogP contribution in [0.25, 0.3) is 11.1 Å². The Morgan fingerprint density at radius 3 is 1.62 bits per heavy atom. The van der Waals surface area contributed by atoms with Crippen molar-refractivity contribution in [1.82, 2.24) is 0 Å². The molecule has 0 fully saturated rings. The summed E-state index contributed by atoms with van der Waals surface area (Å²) in [6, 6.07) is 24.1. The van der Waals surface area contributed by atoms with Crippen LogP contribution in [0.15, 0.2) is 72.8 Å². The van der Waals surface area contributed by atoms with Gasteiger partial charge >= 0.3 is 0 Å². The number of hydrogen-bond donors (Lipinski definition) is 0. The van der Waals surface area contributed by atoms with Gasteiger partial charge in [0.2, 0.25) is 11.4 Å². The first kappa shape index (κ1) is 16.4. The normalized spacial score (nSPS) is 11.8. The summed E-state index contributed by atoms with van der Waals surface area (Å²) in [6.07, 6.45) is 0. The largest absolute Gasteiger partial charge is 0.618 e. The van der Waals surface area contributed by atoms with Crippen molar-refractivity contribution in [3.8, 4) is 11.1 Å². The van der Waals surface area contributed by atoms with Crippen LogP contribution in [0.4, 0.5) is 11.4 Å². The molecule has 0 atom stereocenters. The topological polar surface area (TPSA) is 29.3 Å². The van der Waals surface area contributed by atoms with Gasteiger partial charge < -0.3 is 10.1 Å². The molecule has 0 amide bonds. The first-order chi connectivity index (χ1) is 12.7. The fourth-order valence-electron chi connectivity index (χ4n) is 3.73. The fraction of sp³-hybridized carbons (Fsp3) is 0.174. The zero-order chi connectivity index (χ0) is 18.1. The third kappa shape index (κ3) is 2.57. The van der Waals surface area contributed by atoms with Crippen molar-refractivity contribution in [2.24, 2.45) is 0 Å². The lowest BCUT2D eigenvalue weighted by Gasteiger charge is -2.20. The highest BCUT2D eigenvalue weighted by atomic mass is 16.5. The van der Waals surface area contributed by atoms with Gasteiger partial charge in [0.05, 0.1) is 11.1 Å². The molecular weight excluding hydrogens is 320 g/mol. The van der Waals surface area contributed by atoms with E-state index in [0.29, 0.717) is 5.69 Å². The number of rotatable bonds is 4. The first-order valence-electron chi connectivity index (χ1n) is 9.13. The average Bonchev–Trinajstić information content (AvgIpc) is 3.03. The van der Waals surface area contributed by atoms with Crippen molar-refractivity contribution in [3.63, 3.8) is 0 Å². The predicted molar refractivity (Wildman–Crippen MR) is 108 cm³/mol. The summed E-state index contributed by atoms with van der Waals surface area (Å²) in [6.45, 7) is 6.18. The number of fused-ring (bicyclic) bond motifs is 3. The Balaban J connectivity index is 1.84. The molecule has 1 aliphatic rings. The van der Waals surface area contributed by atoms with Gasteiger partial charge in [0.25, 0.3) is 0 Å². The van der Waals surface area contributed by atoms with Gasteiger partial charge in [-0.3, -0.25) is 0 Å². The van der Waals surface area contributed by atoms with Gasteiger partial charge in [-0.1, -0.05) is 36.4 Å². The van der Waals surface area contributed by atoms with Crippen molar-refractivity contribution >= 4 is 17.1 Å². The maximum absolute atomic E-state index is 13.3. The van der Waals surface area contributed by atoms with Crippen LogP contribution in [0.1, 0.15) is 25.0 Å². The highest BCUT2D eigenvalue weighted by molar-refractivity contribution is 6.22. The second-order valence-electron chi connectivity index (χ2n) is 6.42. The number of anilines is 1. The molecule has 0 saturated heterocycles. The van der Waals surface area contributed by atoms with Gasteiger partial charge in [0.15, 0.2) is 0 Å². The molecule has 3 aromatic carbocycles. The Labute approximate surface area is 154 Å². The molecule has 0 aromatic heterocycles. The minimum atomic E-state index is 0.655. The summed E-state index contributed by atoms with van der Waals surface area (Å²) in [5, 5.41) is 13.3. The maximum atomic E-state index is 13.3. The Kier molecular flexibility index (Phi) is 4.21.